The van der Waals surface area contributed by atoms with Crippen LogP contribution in [-0.4, -0.2) is 36.6 Å². The Labute approximate surface area is 218 Å². The minimum absolute atomic E-state index is 0.0305. The predicted molar refractivity (Wildman–Crippen MR) is 141 cm³/mol. The molecule has 1 N–H and O–H groups in total. The van der Waals surface area contributed by atoms with Gasteiger partial charge < -0.3 is 14.8 Å². The van der Waals surface area contributed by atoms with E-state index in [-0.39, 0.29) is 24.4 Å². The Balaban J connectivity index is 2.69. The number of ether oxygens (including phenoxy) is 2. The highest BCUT2D eigenvalue weighted by Crippen LogP contribution is 2.32. The lowest BCUT2D eigenvalue weighted by atomic mass is 9.86. The molecule has 1 aliphatic rings. The molecule has 0 saturated carbocycles. The zero-order valence-corrected chi connectivity index (χ0v) is 22.5. The molecule has 1 saturated heterocycles. The van der Waals surface area contributed by atoms with Crippen molar-refractivity contribution in [3.05, 3.63) is 0 Å². The van der Waals surface area contributed by atoms with Gasteiger partial charge in [0.1, 0.15) is 18.2 Å². The summed E-state index contributed by atoms with van der Waals surface area (Å²) in [6, 6.07) is -1.03. The molecule has 0 aliphatic carbocycles. The molecule has 6 nitrogen and oxygen atoms in total. The first-order chi connectivity index (χ1) is 18.1. The average molecular weight is 499 g/mol. The van der Waals surface area contributed by atoms with Crippen LogP contribution in [0, 0.1) is 11.8 Å². The summed E-state index contributed by atoms with van der Waals surface area (Å²) in [4.78, 5) is 36.3. The molecule has 0 aromatic carbocycles. The summed E-state index contributed by atoms with van der Waals surface area (Å²) in [5, 5.41) is 2.44. The number of carbonyl (C=O) groups is 3. The van der Waals surface area contributed by atoms with Gasteiger partial charge in [0.25, 0.3) is 0 Å². The van der Waals surface area contributed by atoms with Crippen molar-refractivity contribution in [1.82, 2.24) is 5.32 Å². The third-order valence-corrected chi connectivity index (χ3v) is 6.94. The lowest BCUT2D eigenvalue weighted by Gasteiger charge is -2.37. The number of rotatable bonds is 23. The van der Waals surface area contributed by atoms with Gasteiger partial charge in [0, 0.05) is 10.5 Å². The molecule has 204 valence electrons. The van der Waals surface area contributed by atoms with Crippen LogP contribution < -0.4 is 5.32 Å². The van der Waals surface area contributed by atoms with E-state index in [1.54, 1.807) is 0 Å². The highest BCUT2D eigenvalue weighted by Gasteiger charge is 2.43. The highest BCUT2D eigenvalue weighted by molar-refractivity contribution is 5.79. The third-order valence-electron chi connectivity index (χ3n) is 6.94. The molecule has 0 aromatic rings. The minimum Gasteiger partial charge on any atom is -0.461 e. The quantitative estimate of drug-likeness (QED) is 0.0943. The van der Waals surface area contributed by atoms with Gasteiger partial charge >= 0.3 is 11.9 Å². The zero-order valence-electron chi connectivity index (χ0n) is 25.5. The molecule has 0 bridgehead atoms. The first-order valence-electron chi connectivity index (χ1n) is 15.7. The number of hydrogen-bond donors (Lipinski definition) is 1. The summed E-state index contributed by atoms with van der Waals surface area (Å²) in [6.07, 6.45) is 16.5. The van der Waals surface area contributed by atoms with Gasteiger partial charge in [0.2, 0.25) is 6.41 Å². The van der Waals surface area contributed by atoms with Gasteiger partial charge in [-0.2, -0.15) is 0 Å². The van der Waals surface area contributed by atoms with Gasteiger partial charge in [0.15, 0.2) is 0 Å². The Bertz CT molecular complexity index is 673. The van der Waals surface area contributed by atoms with Crippen LogP contribution in [-0.2, 0) is 23.9 Å². The molecule has 0 radical (unpaired) electrons. The van der Waals surface area contributed by atoms with Crippen LogP contribution in [0.25, 0.3) is 0 Å². The Morgan fingerprint density at radius 1 is 1.03 bits per heavy atom. The Hall–Kier alpha value is -1.59. The second-order valence-corrected chi connectivity index (χ2v) is 10.3. The summed E-state index contributed by atoms with van der Waals surface area (Å²) < 4.78 is 34.1. The summed E-state index contributed by atoms with van der Waals surface area (Å²) >= 11 is 0. The molecule has 1 fully saturated rings. The molecule has 0 aromatic heterocycles. The number of amides is 1. The summed E-state index contributed by atoms with van der Waals surface area (Å²) in [7, 11) is 0. The lowest BCUT2D eigenvalue weighted by Crippen LogP contribution is -2.48. The van der Waals surface area contributed by atoms with E-state index in [9.17, 15) is 14.4 Å². The Morgan fingerprint density at radius 2 is 1.63 bits per heavy atom. The van der Waals surface area contributed by atoms with Crippen LogP contribution in [0.4, 0.5) is 0 Å². The fourth-order valence-corrected chi connectivity index (χ4v) is 4.79. The third kappa shape index (κ3) is 13.9. The molecule has 1 aliphatic heterocycles. The second-order valence-electron chi connectivity index (χ2n) is 10.3. The van der Waals surface area contributed by atoms with Crippen molar-refractivity contribution in [2.75, 3.05) is 0 Å². The van der Waals surface area contributed by atoms with Crippen molar-refractivity contribution in [1.29, 1.82) is 0 Å². The molecule has 1 rings (SSSR count). The van der Waals surface area contributed by atoms with Crippen molar-refractivity contribution in [2.24, 2.45) is 11.8 Å². The fraction of sp³-hybridized carbons (Fsp3) is 0.897. The molecular formula is C29H53NO5. The van der Waals surface area contributed by atoms with Crippen LogP contribution in [0.15, 0.2) is 0 Å². The number of hydrogen-bond acceptors (Lipinski definition) is 5. The summed E-state index contributed by atoms with van der Waals surface area (Å²) in [6.45, 7) is 3.67. The molecule has 0 spiro atoms. The zero-order chi connectivity index (χ0) is 28.4. The van der Waals surface area contributed by atoms with E-state index in [1.807, 2.05) is 0 Å². The normalized spacial score (nSPS) is 21.5. The monoisotopic (exact) mass is 498 g/mol. The van der Waals surface area contributed by atoms with Crippen LogP contribution in [0.3, 0.4) is 0 Å². The summed E-state index contributed by atoms with van der Waals surface area (Å²) in [5.41, 5.74) is 0. The van der Waals surface area contributed by atoms with Crippen LogP contribution in [0.5, 0.6) is 0 Å². The van der Waals surface area contributed by atoms with Gasteiger partial charge in [-0.05, 0) is 31.6 Å². The number of unbranched alkanes of at least 4 members (excludes halogenated alkanes) is 11. The predicted octanol–water partition coefficient (Wildman–Crippen LogP) is 6.88. The van der Waals surface area contributed by atoms with Gasteiger partial charge in [-0.3, -0.25) is 9.59 Å². The van der Waals surface area contributed by atoms with Crippen molar-refractivity contribution < 1.29 is 28.0 Å². The van der Waals surface area contributed by atoms with Gasteiger partial charge in [-0.1, -0.05) is 105 Å². The topological polar surface area (TPSA) is 81.7 Å². The van der Waals surface area contributed by atoms with E-state index in [2.05, 4.69) is 19.2 Å². The molecular weight excluding hydrogens is 442 g/mol. The van der Waals surface area contributed by atoms with E-state index >= 15 is 0 Å². The minimum atomic E-state index is -2.23. The maximum absolute atomic E-state index is 13.0. The second kappa shape index (κ2) is 19.6. The molecule has 5 atom stereocenters. The standard InChI is InChI=1S/C29H53NO5/c1-5-7-9-11-12-13-14-15-16-18-24(34-29(33)26(30-22-31)20-23(3)4)21-27-25(28(32)35-27)19-17-10-8-6-2/h22-27H,5-21H2,1-4H3,(H,30,31)/t24-,25-,26-,27-/m0/s1/i3D3/t23?,24-,25-,26-,27-. The molecule has 1 unspecified atom stereocenters. The molecule has 6 heteroatoms. The van der Waals surface area contributed by atoms with E-state index < -0.39 is 30.9 Å². The van der Waals surface area contributed by atoms with Gasteiger partial charge in [0.05, 0.1) is 5.92 Å². The smallest absolute Gasteiger partial charge is 0.328 e. The first kappa shape index (κ1) is 26.5. The van der Waals surface area contributed by atoms with Crippen molar-refractivity contribution in [2.45, 2.75) is 155 Å². The SMILES string of the molecule is [2H]C([2H])([2H])C(C)C[C@H](NC=O)C(=O)O[C@@H](CCCCCCCCCCC)C[C@@H]1OC(=O)[C@H]1CCCCCC. The Morgan fingerprint density at radius 3 is 2.20 bits per heavy atom. The first-order valence-corrected chi connectivity index (χ1v) is 14.2. The molecule has 35 heavy (non-hydrogen) atoms. The number of nitrogens with one attached hydrogen (secondary N) is 1. The van der Waals surface area contributed by atoms with E-state index in [4.69, 9.17) is 13.6 Å². The molecule has 1 heterocycles. The lowest BCUT2D eigenvalue weighted by molar-refractivity contribution is -0.190. The van der Waals surface area contributed by atoms with Crippen LogP contribution in [0.1, 0.15) is 141 Å². The van der Waals surface area contributed by atoms with Gasteiger partial charge in [-0.25, -0.2) is 4.79 Å². The van der Waals surface area contributed by atoms with Crippen molar-refractivity contribution >= 4 is 18.3 Å². The summed E-state index contributed by atoms with van der Waals surface area (Å²) in [5.74, 6) is -1.73. The average Bonchev–Trinajstić information content (AvgIpc) is 2.86. The van der Waals surface area contributed by atoms with Crippen molar-refractivity contribution in [3.63, 3.8) is 0 Å². The largest absolute Gasteiger partial charge is 0.461 e. The maximum Gasteiger partial charge on any atom is 0.328 e. The van der Waals surface area contributed by atoms with Crippen LogP contribution >= 0.6 is 0 Å². The van der Waals surface area contributed by atoms with E-state index in [0.717, 1.165) is 51.4 Å². The maximum atomic E-state index is 13.0. The van der Waals surface area contributed by atoms with Crippen LogP contribution in [0.2, 0.25) is 0 Å². The number of esters is 2. The van der Waals surface area contributed by atoms with E-state index in [0.29, 0.717) is 19.3 Å². The van der Waals surface area contributed by atoms with Gasteiger partial charge in [-0.15, -0.1) is 0 Å². The fourth-order valence-electron chi connectivity index (χ4n) is 4.79. The number of carbonyl (C=O) groups excluding carboxylic acids is 3. The Kier molecular flexibility index (Phi) is 14.8. The highest BCUT2D eigenvalue weighted by atomic mass is 16.6. The van der Waals surface area contributed by atoms with Crippen molar-refractivity contribution in [3.8, 4) is 0 Å². The molecule has 1 amide bonds. The number of cyclic esters (lactones) is 1. The van der Waals surface area contributed by atoms with E-state index in [1.165, 1.54) is 45.4 Å².